The standard InChI is InChI=1S/C19H21N5O3/c1-11-4-5-24(10-11)17-9-20-14(8-21-17)19(25)23-13-6-15(26-3)18-16(7-13)27-12(2)22-18/h6-9,11H,4-5,10H2,1-3H3,(H,23,25)/t11-/m1/s1. The van der Waals surface area contributed by atoms with Crippen LogP contribution in [0.15, 0.2) is 28.9 Å². The van der Waals surface area contributed by atoms with Crippen LogP contribution in [0.2, 0.25) is 0 Å². The zero-order valence-electron chi connectivity index (χ0n) is 15.5. The summed E-state index contributed by atoms with van der Waals surface area (Å²) in [6.07, 6.45) is 4.30. The molecule has 27 heavy (non-hydrogen) atoms. The van der Waals surface area contributed by atoms with Gasteiger partial charge in [0.05, 0.1) is 19.5 Å². The zero-order valence-corrected chi connectivity index (χ0v) is 15.5. The van der Waals surface area contributed by atoms with Gasteiger partial charge in [0.25, 0.3) is 5.91 Å². The molecule has 1 atom stereocenters. The Bertz CT molecular complexity index is 983. The fourth-order valence-corrected chi connectivity index (χ4v) is 3.28. The van der Waals surface area contributed by atoms with Crippen molar-refractivity contribution >= 4 is 28.5 Å². The second-order valence-electron chi connectivity index (χ2n) is 6.81. The predicted molar refractivity (Wildman–Crippen MR) is 101 cm³/mol. The largest absolute Gasteiger partial charge is 0.494 e. The summed E-state index contributed by atoms with van der Waals surface area (Å²) in [6, 6.07) is 3.42. The molecule has 4 rings (SSSR count). The van der Waals surface area contributed by atoms with Crippen molar-refractivity contribution in [3.05, 3.63) is 36.1 Å². The van der Waals surface area contributed by atoms with Crippen molar-refractivity contribution in [1.29, 1.82) is 0 Å². The molecular formula is C19H21N5O3. The van der Waals surface area contributed by atoms with Crippen LogP contribution in [0.1, 0.15) is 29.7 Å². The quantitative estimate of drug-likeness (QED) is 0.757. The molecule has 3 heterocycles. The summed E-state index contributed by atoms with van der Waals surface area (Å²) < 4.78 is 10.9. The number of rotatable bonds is 4. The number of nitrogens with zero attached hydrogens (tertiary/aromatic N) is 4. The van der Waals surface area contributed by atoms with Gasteiger partial charge in [0.2, 0.25) is 0 Å². The van der Waals surface area contributed by atoms with Gasteiger partial charge in [-0.25, -0.2) is 15.0 Å². The molecule has 0 unspecified atom stereocenters. The maximum absolute atomic E-state index is 12.5. The molecule has 0 saturated carbocycles. The Balaban J connectivity index is 1.52. The van der Waals surface area contributed by atoms with Gasteiger partial charge in [-0.15, -0.1) is 0 Å². The normalized spacial score (nSPS) is 16.7. The van der Waals surface area contributed by atoms with E-state index in [0.717, 1.165) is 25.3 Å². The number of aryl methyl sites for hydroxylation is 1. The van der Waals surface area contributed by atoms with E-state index >= 15 is 0 Å². The van der Waals surface area contributed by atoms with Crippen molar-refractivity contribution in [2.75, 3.05) is 30.4 Å². The molecular weight excluding hydrogens is 346 g/mol. The molecule has 8 heteroatoms. The minimum atomic E-state index is -0.346. The van der Waals surface area contributed by atoms with Crippen LogP contribution in [-0.4, -0.2) is 41.1 Å². The highest BCUT2D eigenvalue weighted by molar-refractivity contribution is 6.03. The molecule has 3 aromatic rings. The molecule has 1 aliphatic heterocycles. The first kappa shape index (κ1) is 17.3. The van der Waals surface area contributed by atoms with E-state index < -0.39 is 0 Å². The third-order valence-electron chi connectivity index (χ3n) is 4.66. The van der Waals surface area contributed by atoms with Crippen LogP contribution in [0.4, 0.5) is 11.5 Å². The molecule has 0 bridgehead atoms. The first-order chi connectivity index (χ1) is 13.0. The molecule has 1 saturated heterocycles. The SMILES string of the molecule is COc1cc(NC(=O)c2cnc(N3CC[C@@H](C)C3)cn2)cc2oc(C)nc12. The van der Waals surface area contributed by atoms with Crippen molar-refractivity contribution in [1.82, 2.24) is 15.0 Å². The Kier molecular flexibility index (Phi) is 4.39. The summed E-state index contributed by atoms with van der Waals surface area (Å²) in [5, 5.41) is 2.81. The second-order valence-corrected chi connectivity index (χ2v) is 6.81. The minimum Gasteiger partial charge on any atom is -0.494 e. The number of fused-ring (bicyclic) bond motifs is 1. The van der Waals surface area contributed by atoms with E-state index in [0.29, 0.717) is 34.3 Å². The topological polar surface area (TPSA) is 93.4 Å². The van der Waals surface area contributed by atoms with Crippen LogP contribution in [-0.2, 0) is 0 Å². The van der Waals surface area contributed by atoms with E-state index in [-0.39, 0.29) is 11.6 Å². The Hall–Kier alpha value is -3.16. The molecule has 140 valence electrons. The zero-order chi connectivity index (χ0) is 19.0. The minimum absolute atomic E-state index is 0.249. The number of hydrogen-bond acceptors (Lipinski definition) is 7. The number of anilines is 2. The monoisotopic (exact) mass is 367 g/mol. The number of benzene rings is 1. The fourth-order valence-electron chi connectivity index (χ4n) is 3.28. The van der Waals surface area contributed by atoms with E-state index in [4.69, 9.17) is 9.15 Å². The Morgan fingerprint density at radius 2 is 2.19 bits per heavy atom. The van der Waals surface area contributed by atoms with E-state index in [1.54, 1.807) is 32.4 Å². The highest BCUT2D eigenvalue weighted by Gasteiger charge is 2.20. The number of ether oxygens (including phenoxy) is 1. The van der Waals surface area contributed by atoms with Gasteiger partial charge < -0.3 is 19.4 Å². The van der Waals surface area contributed by atoms with E-state index in [1.807, 2.05) is 0 Å². The van der Waals surface area contributed by atoms with Gasteiger partial charge in [0, 0.05) is 37.8 Å². The Labute approximate surface area is 156 Å². The maximum Gasteiger partial charge on any atom is 0.275 e. The summed E-state index contributed by atoms with van der Waals surface area (Å²) in [7, 11) is 1.55. The number of carbonyl (C=O) groups excluding carboxylic acids is 1. The van der Waals surface area contributed by atoms with Gasteiger partial charge in [0.15, 0.2) is 22.7 Å². The first-order valence-electron chi connectivity index (χ1n) is 8.87. The third-order valence-corrected chi connectivity index (χ3v) is 4.66. The predicted octanol–water partition coefficient (Wildman–Crippen LogP) is 3.03. The van der Waals surface area contributed by atoms with Crippen LogP contribution in [0.25, 0.3) is 11.1 Å². The van der Waals surface area contributed by atoms with Crippen LogP contribution in [0.3, 0.4) is 0 Å². The molecule has 1 aromatic carbocycles. The fraction of sp³-hybridized carbons (Fsp3) is 0.368. The number of amides is 1. The van der Waals surface area contributed by atoms with Crippen LogP contribution >= 0.6 is 0 Å². The van der Waals surface area contributed by atoms with Crippen molar-refractivity contribution in [2.24, 2.45) is 5.92 Å². The van der Waals surface area contributed by atoms with Crippen molar-refractivity contribution in [2.45, 2.75) is 20.3 Å². The average molecular weight is 367 g/mol. The molecule has 0 aliphatic carbocycles. The number of methoxy groups -OCH3 is 1. The van der Waals surface area contributed by atoms with Crippen LogP contribution in [0, 0.1) is 12.8 Å². The van der Waals surface area contributed by atoms with E-state index in [2.05, 4.69) is 32.1 Å². The van der Waals surface area contributed by atoms with Gasteiger partial charge in [-0.2, -0.15) is 0 Å². The molecule has 1 fully saturated rings. The summed E-state index contributed by atoms with van der Waals surface area (Å²) in [5.74, 6) is 2.17. The number of nitrogens with one attached hydrogen (secondary N) is 1. The average Bonchev–Trinajstić information content (AvgIpc) is 3.26. The van der Waals surface area contributed by atoms with Crippen molar-refractivity contribution in [3.63, 3.8) is 0 Å². The summed E-state index contributed by atoms with van der Waals surface area (Å²) >= 11 is 0. The second kappa shape index (κ2) is 6.86. The number of hydrogen-bond donors (Lipinski definition) is 1. The smallest absolute Gasteiger partial charge is 0.275 e. The molecule has 8 nitrogen and oxygen atoms in total. The van der Waals surface area contributed by atoms with Crippen LogP contribution < -0.4 is 15.0 Å². The lowest BCUT2D eigenvalue weighted by Crippen LogP contribution is -2.21. The lowest BCUT2D eigenvalue weighted by atomic mass is 10.2. The molecule has 1 amide bonds. The maximum atomic E-state index is 12.5. The summed E-state index contributed by atoms with van der Waals surface area (Å²) in [6.45, 7) is 5.92. The lowest BCUT2D eigenvalue weighted by Gasteiger charge is -2.16. The molecule has 2 aromatic heterocycles. The highest BCUT2D eigenvalue weighted by atomic mass is 16.5. The van der Waals surface area contributed by atoms with Gasteiger partial charge in [-0.3, -0.25) is 4.79 Å². The van der Waals surface area contributed by atoms with Crippen molar-refractivity contribution < 1.29 is 13.9 Å². The molecule has 0 radical (unpaired) electrons. The van der Waals surface area contributed by atoms with E-state index in [1.165, 1.54) is 6.20 Å². The van der Waals surface area contributed by atoms with Crippen LogP contribution in [0.5, 0.6) is 5.75 Å². The highest BCUT2D eigenvalue weighted by Crippen LogP contribution is 2.30. The first-order valence-corrected chi connectivity index (χ1v) is 8.87. The number of oxazole rings is 1. The van der Waals surface area contributed by atoms with Gasteiger partial charge in [0.1, 0.15) is 11.5 Å². The molecule has 1 aliphatic rings. The number of carbonyl (C=O) groups is 1. The number of aromatic nitrogens is 3. The lowest BCUT2D eigenvalue weighted by molar-refractivity contribution is 0.102. The summed E-state index contributed by atoms with van der Waals surface area (Å²) in [5.41, 5.74) is 1.96. The van der Waals surface area contributed by atoms with Gasteiger partial charge in [-0.05, 0) is 12.3 Å². The summed E-state index contributed by atoms with van der Waals surface area (Å²) in [4.78, 5) is 27.7. The molecule has 1 N–H and O–H groups in total. The van der Waals surface area contributed by atoms with Gasteiger partial charge in [-0.1, -0.05) is 6.92 Å². The van der Waals surface area contributed by atoms with Crippen molar-refractivity contribution in [3.8, 4) is 5.75 Å². The Morgan fingerprint density at radius 3 is 2.85 bits per heavy atom. The van der Waals surface area contributed by atoms with E-state index in [9.17, 15) is 4.79 Å². The Morgan fingerprint density at radius 1 is 1.33 bits per heavy atom. The third kappa shape index (κ3) is 3.42. The molecule has 0 spiro atoms. The van der Waals surface area contributed by atoms with Gasteiger partial charge >= 0.3 is 0 Å².